The fourth-order valence-corrected chi connectivity index (χ4v) is 2.63. The Kier molecular flexibility index (Phi) is 9.37. The molecule has 0 aliphatic carbocycles. The highest BCUT2D eigenvalue weighted by Crippen LogP contribution is 2.51. The average molecular weight is 520 g/mol. The Morgan fingerprint density at radius 3 is 0.853 bits per heavy atom. The molecular weight excluding hydrogens is 506 g/mol. The van der Waals surface area contributed by atoms with Crippen molar-refractivity contribution in [2.75, 3.05) is 0 Å². The van der Waals surface area contributed by atoms with Gasteiger partial charge in [0.15, 0.2) is 0 Å². The third-order valence-corrected chi connectivity index (χ3v) is 4.41. The standard InChI is InChI=1S/C10H4F10.C10H10F4/c11-7(12,9(15,16)17)5-3-1-2-4-6(5)8(13,14)10(18,19)20;11-3-7-1-8(4-12)10(6-14)2-9(7)5-13/h1-4H;1-2H,3-6H2. The number of hydrogen-bond donors (Lipinski definition) is 0. The third-order valence-electron chi connectivity index (χ3n) is 4.41. The highest BCUT2D eigenvalue weighted by atomic mass is 19.4. The lowest BCUT2D eigenvalue weighted by Crippen LogP contribution is -2.40. The van der Waals surface area contributed by atoms with E-state index in [0.29, 0.717) is 12.1 Å². The number of benzene rings is 2. The van der Waals surface area contributed by atoms with Crippen molar-refractivity contribution in [1.29, 1.82) is 0 Å². The van der Waals surface area contributed by atoms with Gasteiger partial charge < -0.3 is 0 Å². The van der Waals surface area contributed by atoms with E-state index in [1.807, 2.05) is 0 Å². The molecule has 0 N–H and O–H groups in total. The minimum atomic E-state index is -6.30. The highest BCUT2D eigenvalue weighted by Gasteiger charge is 2.65. The van der Waals surface area contributed by atoms with Crippen molar-refractivity contribution in [2.24, 2.45) is 0 Å². The molecule has 2 rings (SSSR count). The van der Waals surface area contributed by atoms with E-state index < -0.39 is 62.0 Å². The van der Waals surface area contributed by atoms with Crippen molar-refractivity contribution >= 4 is 0 Å². The predicted molar refractivity (Wildman–Crippen MR) is 92.0 cm³/mol. The van der Waals surface area contributed by atoms with Crippen LogP contribution in [-0.4, -0.2) is 12.4 Å². The molecule has 0 aromatic heterocycles. The summed E-state index contributed by atoms with van der Waals surface area (Å²) < 4.78 is 174. The van der Waals surface area contributed by atoms with Gasteiger partial charge in [-0.05, 0) is 34.4 Å². The van der Waals surface area contributed by atoms with Crippen LogP contribution in [0.5, 0.6) is 0 Å². The lowest BCUT2D eigenvalue weighted by Gasteiger charge is -2.27. The van der Waals surface area contributed by atoms with Gasteiger partial charge in [0.2, 0.25) is 0 Å². The number of hydrogen-bond acceptors (Lipinski definition) is 0. The van der Waals surface area contributed by atoms with Crippen LogP contribution in [0, 0.1) is 0 Å². The first-order valence-electron chi connectivity index (χ1n) is 8.86. The first-order chi connectivity index (χ1) is 15.5. The molecule has 0 heterocycles. The molecule has 0 radical (unpaired) electrons. The highest BCUT2D eigenvalue weighted by molar-refractivity contribution is 5.38. The van der Waals surface area contributed by atoms with E-state index in [1.165, 1.54) is 12.1 Å². The molecule has 0 bridgehead atoms. The molecule has 2 aromatic carbocycles. The lowest BCUT2D eigenvalue weighted by atomic mass is 9.96. The van der Waals surface area contributed by atoms with Crippen molar-refractivity contribution in [3.05, 3.63) is 69.8 Å². The minimum absolute atomic E-state index is 0.0948. The maximum absolute atomic E-state index is 13.0. The molecule has 192 valence electrons. The molecule has 34 heavy (non-hydrogen) atoms. The zero-order chi connectivity index (χ0) is 26.5. The van der Waals surface area contributed by atoms with Gasteiger partial charge in [-0.15, -0.1) is 0 Å². The van der Waals surface area contributed by atoms with Crippen LogP contribution in [0.3, 0.4) is 0 Å². The van der Waals surface area contributed by atoms with Crippen LogP contribution in [0.4, 0.5) is 61.5 Å². The maximum atomic E-state index is 13.0. The summed E-state index contributed by atoms with van der Waals surface area (Å²) in [6, 6.07) is 3.13. The van der Waals surface area contributed by atoms with Crippen LogP contribution >= 0.6 is 0 Å². The molecular formula is C20H14F14. The Balaban J connectivity index is 0.000000362. The summed E-state index contributed by atoms with van der Waals surface area (Å²) in [6.45, 7) is -3.45. The van der Waals surface area contributed by atoms with Gasteiger partial charge in [-0.2, -0.15) is 43.9 Å². The van der Waals surface area contributed by atoms with Gasteiger partial charge in [0.05, 0.1) is 0 Å². The Hall–Kier alpha value is -2.54. The van der Waals surface area contributed by atoms with Crippen molar-refractivity contribution in [3.8, 4) is 0 Å². The largest absolute Gasteiger partial charge is 0.458 e. The third kappa shape index (κ3) is 6.12. The summed E-state index contributed by atoms with van der Waals surface area (Å²) in [5, 5.41) is 0. The van der Waals surface area contributed by atoms with E-state index in [0.717, 1.165) is 0 Å². The van der Waals surface area contributed by atoms with E-state index in [4.69, 9.17) is 0 Å². The fraction of sp³-hybridized carbons (Fsp3) is 0.400. The normalized spacial score (nSPS) is 12.9. The molecule has 0 atom stereocenters. The monoisotopic (exact) mass is 520 g/mol. The van der Waals surface area contributed by atoms with E-state index in [2.05, 4.69) is 0 Å². The first kappa shape index (κ1) is 29.5. The van der Waals surface area contributed by atoms with Crippen LogP contribution < -0.4 is 0 Å². The second kappa shape index (κ2) is 10.8. The zero-order valence-electron chi connectivity index (χ0n) is 16.6. The van der Waals surface area contributed by atoms with E-state index in [9.17, 15) is 61.5 Å². The SMILES string of the molecule is FC(F)(F)C(F)(F)c1ccccc1C(F)(F)C(F)(F)F.FCc1cc(CF)c(CF)cc1CF. The molecule has 2 aromatic rings. The molecule has 0 fully saturated rings. The van der Waals surface area contributed by atoms with Gasteiger partial charge in [0.1, 0.15) is 26.7 Å². The molecule has 14 heteroatoms. The topological polar surface area (TPSA) is 0 Å². The smallest absolute Gasteiger partial charge is 0.246 e. The summed E-state index contributed by atoms with van der Waals surface area (Å²) in [4.78, 5) is 0. The van der Waals surface area contributed by atoms with Crippen molar-refractivity contribution in [3.63, 3.8) is 0 Å². The Morgan fingerprint density at radius 1 is 0.441 bits per heavy atom. The van der Waals surface area contributed by atoms with Crippen molar-refractivity contribution in [1.82, 2.24) is 0 Å². The quantitative estimate of drug-likeness (QED) is 0.335. The van der Waals surface area contributed by atoms with E-state index in [-0.39, 0.29) is 34.4 Å². The van der Waals surface area contributed by atoms with Gasteiger partial charge in [0.25, 0.3) is 0 Å². The van der Waals surface area contributed by atoms with Crippen LogP contribution in [0.2, 0.25) is 0 Å². The van der Waals surface area contributed by atoms with Crippen LogP contribution in [0.15, 0.2) is 36.4 Å². The molecule has 0 saturated heterocycles. The zero-order valence-corrected chi connectivity index (χ0v) is 16.6. The molecule has 0 amide bonds. The van der Waals surface area contributed by atoms with Gasteiger partial charge >= 0.3 is 24.2 Å². The predicted octanol–water partition coefficient (Wildman–Crippen LogP) is 8.56. The summed E-state index contributed by atoms with van der Waals surface area (Å²) >= 11 is 0. The molecule has 0 aliphatic rings. The molecule has 0 unspecified atom stereocenters. The molecule has 0 saturated carbocycles. The molecule has 0 nitrogen and oxygen atoms in total. The molecule has 0 spiro atoms. The van der Waals surface area contributed by atoms with Gasteiger partial charge in [0, 0.05) is 11.1 Å². The van der Waals surface area contributed by atoms with Crippen LogP contribution in [-0.2, 0) is 38.5 Å². The van der Waals surface area contributed by atoms with Crippen molar-refractivity contribution in [2.45, 2.75) is 50.9 Å². The van der Waals surface area contributed by atoms with Crippen LogP contribution in [0.25, 0.3) is 0 Å². The second-order valence-corrected chi connectivity index (χ2v) is 6.61. The Labute approximate surface area is 183 Å². The van der Waals surface area contributed by atoms with Gasteiger partial charge in [-0.25, -0.2) is 17.6 Å². The summed E-state index contributed by atoms with van der Waals surface area (Å²) in [5.41, 5.74) is -4.49. The summed E-state index contributed by atoms with van der Waals surface area (Å²) in [5.74, 6) is -11.7. The summed E-state index contributed by atoms with van der Waals surface area (Å²) in [6.07, 6.45) is -12.6. The van der Waals surface area contributed by atoms with Crippen LogP contribution in [0.1, 0.15) is 33.4 Å². The number of rotatable bonds is 6. The van der Waals surface area contributed by atoms with E-state index in [1.54, 1.807) is 0 Å². The van der Waals surface area contributed by atoms with Crippen molar-refractivity contribution < 1.29 is 61.5 Å². The number of halogens is 14. The maximum Gasteiger partial charge on any atom is 0.458 e. The second-order valence-electron chi connectivity index (χ2n) is 6.61. The Bertz CT molecular complexity index is 840. The average Bonchev–Trinajstić information content (AvgIpc) is 2.76. The Morgan fingerprint density at radius 2 is 0.676 bits per heavy atom. The first-order valence-corrected chi connectivity index (χ1v) is 8.86. The van der Waals surface area contributed by atoms with Gasteiger partial charge in [-0.3, -0.25) is 0 Å². The van der Waals surface area contributed by atoms with E-state index >= 15 is 0 Å². The number of alkyl halides is 14. The fourth-order valence-electron chi connectivity index (χ4n) is 2.63. The minimum Gasteiger partial charge on any atom is -0.246 e. The van der Waals surface area contributed by atoms with Gasteiger partial charge in [-0.1, -0.05) is 24.3 Å². The summed E-state index contributed by atoms with van der Waals surface area (Å²) in [7, 11) is 0. The molecule has 0 aliphatic heterocycles. The lowest BCUT2D eigenvalue weighted by molar-refractivity contribution is -0.301.